The van der Waals surface area contributed by atoms with Crippen molar-refractivity contribution in [3.05, 3.63) is 0 Å². The zero-order valence-electron chi connectivity index (χ0n) is 12.2. The number of hydrogen-bond donors (Lipinski definition) is 4. The van der Waals surface area contributed by atoms with Crippen molar-refractivity contribution in [1.29, 1.82) is 0 Å². The van der Waals surface area contributed by atoms with E-state index in [1.54, 1.807) is 0 Å². The van der Waals surface area contributed by atoms with Crippen LogP contribution >= 0.6 is 0 Å². The Bertz CT molecular complexity index is 380. The second-order valence-electron chi connectivity index (χ2n) is 4.75. The minimum Gasteiger partial charge on any atom is -0.481 e. The van der Waals surface area contributed by atoms with E-state index in [2.05, 4.69) is 10.6 Å². The van der Waals surface area contributed by atoms with E-state index in [1.807, 2.05) is 6.92 Å². The average Bonchev–Trinajstić information content (AvgIpc) is 2.35. The van der Waals surface area contributed by atoms with Crippen molar-refractivity contribution in [1.82, 2.24) is 10.6 Å². The predicted octanol–water partition coefficient (Wildman–Crippen LogP) is 0.116. The van der Waals surface area contributed by atoms with Crippen LogP contribution in [0.25, 0.3) is 0 Å². The summed E-state index contributed by atoms with van der Waals surface area (Å²) in [5, 5.41) is 22.2. The van der Waals surface area contributed by atoms with Crippen LogP contribution in [0.15, 0.2) is 0 Å². The van der Waals surface area contributed by atoms with Gasteiger partial charge in [0.05, 0.1) is 6.42 Å². The van der Waals surface area contributed by atoms with Gasteiger partial charge in [-0.05, 0) is 6.42 Å². The SMILES string of the molecule is CCCCCC(NC(=O)[C@H](CC(=O)O)NC(C)=O)C(=O)O. The van der Waals surface area contributed by atoms with Gasteiger partial charge in [-0.15, -0.1) is 0 Å². The molecule has 1 unspecified atom stereocenters. The molecule has 120 valence electrons. The highest BCUT2D eigenvalue weighted by atomic mass is 16.4. The van der Waals surface area contributed by atoms with Crippen molar-refractivity contribution in [3.63, 3.8) is 0 Å². The molecule has 0 bridgehead atoms. The monoisotopic (exact) mass is 302 g/mol. The number of aliphatic carboxylic acids is 2. The molecule has 0 aliphatic carbocycles. The van der Waals surface area contributed by atoms with Gasteiger partial charge in [0.15, 0.2) is 0 Å². The molecular weight excluding hydrogens is 280 g/mol. The van der Waals surface area contributed by atoms with E-state index in [4.69, 9.17) is 10.2 Å². The van der Waals surface area contributed by atoms with Gasteiger partial charge in [0.25, 0.3) is 0 Å². The van der Waals surface area contributed by atoms with Gasteiger partial charge in [-0.25, -0.2) is 4.79 Å². The fourth-order valence-electron chi connectivity index (χ4n) is 1.76. The molecule has 0 aromatic carbocycles. The highest BCUT2D eigenvalue weighted by molar-refractivity contribution is 5.92. The number of amides is 2. The number of carbonyl (C=O) groups excluding carboxylic acids is 2. The summed E-state index contributed by atoms with van der Waals surface area (Å²) in [5.41, 5.74) is 0. The Balaban J connectivity index is 4.69. The van der Waals surface area contributed by atoms with E-state index in [9.17, 15) is 19.2 Å². The van der Waals surface area contributed by atoms with Crippen molar-refractivity contribution in [2.45, 2.75) is 58.0 Å². The summed E-state index contributed by atoms with van der Waals surface area (Å²) in [6.45, 7) is 3.12. The fourth-order valence-corrected chi connectivity index (χ4v) is 1.76. The molecule has 0 aliphatic heterocycles. The molecule has 21 heavy (non-hydrogen) atoms. The molecule has 0 saturated carbocycles. The second-order valence-corrected chi connectivity index (χ2v) is 4.75. The summed E-state index contributed by atoms with van der Waals surface area (Å²) in [5.74, 6) is -3.82. The second kappa shape index (κ2) is 9.73. The lowest BCUT2D eigenvalue weighted by Gasteiger charge is -2.19. The number of rotatable bonds is 10. The van der Waals surface area contributed by atoms with Crippen molar-refractivity contribution in [3.8, 4) is 0 Å². The lowest BCUT2D eigenvalue weighted by atomic mass is 10.1. The van der Waals surface area contributed by atoms with Crippen LogP contribution in [0, 0.1) is 0 Å². The zero-order valence-corrected chi connectivity index (χ0v) is 12.2. The smallest absolute Gasteiger partial charge is 0.326 e. The Hall–Kier alpha value is -2.12. The first-order valence-electron chi connectivity index (χ1n) is 6.80. The summed E-state index contributed by atoms with van der Waals surface area (Å²) in [6, 6.07) is -2.37. The van der Waals surface area contributed by atoms with Crippen LogP contribution in [0.1, 0.15) is 46.0 Å². The van der Waals surface area contributed by atoms with Crippen LogP contribution in [0.3, 0.4) is 0 Å². The maximum atomic E-state index is 11.9. The molecule has 0 aromatic heterocycles. The molecule has 0 aliphatic rings. The Labute approximate surface area is 122 Å². The van der Waals surface area contributed by atoms with E-state index in [-0.39, 0.29) is 6.42 Å². The summed E-state index contributed by atoms with van der Waals surface area (Å²) in [7, 11) is 0. The van der Waals surface area contributed by atoms with Crippen LogP contribution in [0.4, 0.5) is 0 Å². The number of unbranched alkanes of at least 4 members (excludes halogenated alkanes) is 2. The quantitative estimate of drug-likeness (QED) is 0.423. The molecule has 8 nitrogen and oxygen atoms in total. The first kappa shape index (κ1) is 18.9. The molecule has 0 aromatic rings. The molecule has 0 saturated heterocycles. The lowest BCUT2D eigenvalue weighted by molar-refractivity contribution is -0.143. The largest absolute Gasteiger partial charge is 0.481 e. The Morgan fingerprint density at radius 3 is 2.05 bits per heavy atom. The fraction of sp³-hybridized carbons (Fsp3) is 0.692. The summed E-state index contributed by atoms with van der Waals surface area (Å²) in [6.07, 6.45) is 2.04. The first-order valence-corrected chi connectivity index (χ1v) is 6.80. The standard InChI is InChI=1S/C13H22N2O6/c1-3-4-5-6-9(13(20)21)15-12(19)10(7-11(17)18)14-8(2)16/h9-10H,3-7H2,1-2H3,(H,14,16)(H,15,19)(H,17,18)(H,20,21)/t9?,10-/m0/s1. The zero-order chi connectivity index (χ0) is 16.4. The lowest BCUT2D eigenvalue weighted by Crippen LogP contribution is -2.51. The number of nitrogens with one attached hydrogen (secondary N) is 2. The van der Waals surface area contributed by atoms with Gasteiger partial charge < -0.3 is 20.8 Å². The topological polar surface area (TPSA) is 133 Å². The molecule has 4 N–H and O–H groups in total. The Morgan fingerprint density at radius 2 is 1.62 bits per heavy atom. The van der Waals surface area contributed by atoms with Gasteiger partial charge in [0, 0.05) is 6.92 Å². The predicted molar refractivity (Wildman–Crippen MR) is 73.6 cm³/mol. The van der Waals surface area contributed by atoms with Gasteiger partial charge in [-0.1, -0.05) is 26.2 Å². The molecular formula is C13H22N2O6. The van der Waals surface area contributed by atoms with Gasteiger partial charge in [-0.3, -0.25) is 14.4 Å². The first-order chi connectivity index (χ1) is 9.77. The Morgan fingerprint density at radius 1 is 1.00 bits per heavy atom. The molecule has 0 spiro atoms. The molecule has 2 atom stereocenters. The van der Waals surface area contributed by atoms with Crippen LogP contribution < -0.4 is 10.6 Å². The average molecular weight is 302 g/mol. The number of hydrogen-bond acceptors (Lipinski definition) is 4. The summed E-state index contributed by atoms with van der Waals surface area (Å²) in [4.78, 5) is 44.6. The summed E-state index contributed by atoms with van der Waals surface area (Å²) >= 11 is 0. The minimum atomic E-state index is -1.28. The van der Waals surface area contributed by atoms with Crippen LogP contribution in [0.5, 0.6) is 0 Å². The third-order valence-corrected chi connectivity index (χ3v) is 2.78. The van der Waals surface area contributed by atoms with Crippen molar-refractivity contribution >= 4 is 23.8 Å². The highest BCUT2D eigenvalue weighted by Crippen LogP contribution is 2.05. The highest BCUT2D eigenvalue weighted by Gasteiger charge is 2.27. The van der Waals surface area contributed by atoms with E-state index in [0.29, 0.717) is 6.42 Å². The van der Waals surface area contributed by atoms with E-state index < -0.39 is 42.3 Å². The molecule has 0 heterocycles. The van der Waals surface area contributed by atoms with E-state index in [1.165, 1.54) is 0 Å². The number of carboxylic acids is 2. The van der Waals surface area contributed by atoms with Gasteiger partial charge in [0.2, 0.25) is 11.8 Å². The third-order valence-electron chi connectivity index (χ3n) is 2.78. The van der Waals surface area contributed by atoms with E-state index in [0.717, 1.165) is 19.8 Å². The normalized spacial score (nSPS) is 13.0. The molecule has 0 rings (SSSR count). The Kier molecular flexibility index (Phi) is 8.75. The van der Waals surface area contributed by atoms with Crippen LogP contribution in [0.2, 0.25) is 0 Å². The van der Waals surface area contributed by atoms with Crippen molar-refractivity contribution in [2.24, 2.45) is 0 Å². The van der Waals surface area contributed by atoms with Crippen LogP contribution in [-0.4, -0.2) is 46.0 Å². The van der Waals surface area contributed by atoms with Crippen molar-refractivity contribution in [2.75, 3.05) is 0 Å². The van der Waals surface area contributed by atoms with Gasteiger partial charge in [0.1, 0.15) is 12.1 Å². The third kappa shape index (κ3) is 8.61. The van der Waals surface area contributed by atoms with E-state index >= 15 is 0 Å². The molecule has 0 fully saturated rings. The minimum absolute atomic E-state index is 0.259. The van der Waals surface area contributed by atoms with Gasteiger partial charge in [-0.2, -0.15) is 0 Å². The van der Waals surface area contributed by atoms with Crippen molar-refractivity contribution < 1.29 is 29.4 Å². The molecule has 8 heteroatoms. The molecule has 2 amide bonds. The number of carboxylic acid groups (broad SMARTS) is 2. The summed E-state index contributed by atoms with van der Waals surface area (Å²) < 4.78 is 0. The maximum absolute atomic E-state index is 11.9. The molecule has 0 radical (unpaired) electrons. The van der Waals surface area contributed by atoms with Gasteiger partial charge >= 0.3 is 11.9 Å². The number of carbonyl (C=O) groups is 4. The maximum Gasteiger partial charge on any atom is 0.326 e. The van der Waals surface area contributed by atoms with Crippen LogP contribution in [-0.2, 0) is 19.2 Å².